The van der Waals surface area contributed by atoms with Crippen molar-refractivity contribution in [2.45, 2.75) is 40.5 Å². The Hall–Kier alpha value is -1.38. The lowest BCUT2D eigenvalue weighted by molar-refractivity contribution is 1.17. The highest BCUT2D eigenvalue weighted by molar-refractivity contribution is 7.16. The van der Waals surface area contributed by atoms with E-state index >= 15 is 0 Å². The Labute approximate surface area is 139 Å². The van der Waals surface area contributed by atoms with Crippen LogP contribution in [0.2, 0.25) is 0 Å². The molecule has 2 aliphatic rings. The van der Waals surface area contributed by atoms with Crippen molar-refractivity contribution in [1.82, 2.24) is 0 Å². The SMILES string of the molecule is Cc1cc2c(s1)-c1c(C)c3c(c(C)c1C2)-c1sc(C)cc1C3. The van der Waals surface area contributed by atoms with Gasteiger partial charge in [0, 0.05) is 19.5 Å². The second kappa shape index (κ2) is 4.12. The van der Waals surface area contributed by atoms with Crippen LogP contribution in [0.1, 0.15) is 43.1 Å². The van der Waals surface area contributed by atoms with E-state index in [9.17, 15) is 0 Å². The molecule has 0 unspecified atom stereocenters. The Balaban J connectivity index is 1.85. The molecule has 0 fully saturated rings. The van der Waals surface area contributed by atoms with Crippen molar-refractivity contribution in [2.75, 3.05) is 0 Å². The first kappa shape index (κ1) is 13.1. The van der Waals surface area contributed by atoms with Crippen LogP contribution >= 0.6 is 22.7 Å². The van der Waals surface area contributed by atoms with Crippen molar-refractivity contribution in [3.63, 3.8) is 0 Å². The Bertz CT molecular complexity index is 886. The van der Waals surface area contributed by atoms with E-state index < -0.39 is 0 Å². The molecule has 0 bridgehead atoms. The van der Waals surface area contributed by atoms with Crippen molar-refractivity contribution in [3.8, 4) is 20.9 Å². The summed E-state index contributed by atoms with van der Waals surface area (Å²) in [5, 5.41) is 0. The molecule has 0 radical (unpaired) electrons. The van der Waals surface area contributed by atoms with E-state index in [0.717, 1.165) is 12.8 Å². The molecule has 0 saturated heterocycles. The third kappa shape index (κ3) is 1.47. The fourth-order valence-corrected chi connectivity index (χ4v) is 6.71. The topological polar surface area (TPSA) is 0 Å². The van der Waals surface area contributed by atoms with E-state index in [-0.39, 0.29) is 0 Å². The molecule has 0 spiro atoms. The maximum absolute atomic E-state index is 2.39. The number of hydrogen-bond donors (Lipinski definition) is 0. The molecule has 22 heavy (non-hydrogen) atoms. The van der Waals surface area contributed by atoms with Crippen LogP contribution in [0.5, 0.6) is 0 Å². The Morgan fingerprint density at radius 1 is 0.682 bits per heavy atom. The predicted octanol–water partition coefficient (Wildman–Crippen LogP) is 6.19. The number of rotatable bonds is 0. The van der Waals surface area contributed by atoms with Crippen molar-refractivity contribution >= 4 is 22.7 Å². The smallest absolute Gasteiger partial charge is 0.0386 e. The third-order valence-corrected chi connectivity index (χ3v) is 7.53. The number of thiophene rings is 2. The zero-order valence-electron chi connectivity index (χ0n) is 13.4. The van der Waals surface area contributed by atoms with Crippen LogP contribution < -0.4 is 0 Å². The van der Waals surface area contributed by atoms with Gasteiger partial charge in [-0.2, -0.15) is 0 Å². The number of hydrogen-bond acceptors (Lipinski definition) is 2. The minimum Gasteiger partial charge on any atom is -0.140 e. The van der Waals surface area contributed by atoms with Gasteiger partial charge in [0.2, 0.25) is 0 Å². The predicted molar refractivity (Wildman–Crippen MR) is 97.6 cm³/mol. The van der Waals surface area contributed by atoms with Crippen molar-refractivity contribution in [1.29, 1.82) is 0 Å². The molecular formula is C20H18S2. The quantitative estimate of drug-likeness (QED) is 0.319. The highest BCUT2D eigenvalue weighted by atomic mass is 32.1. The molecule has 110 valence electrons. The first-order valence-electron chi connectivity index (χ1n) is 7.89. The van der Waals surface area contributed by atoms with Gasteiger partial charge in [0.05, 0.1) is 0 Å². The van der Waals surface area contributed by atoms with Crippen LogP contribution in [-0.4, -0.2) is 0 Å². The first-order valence-corrected chi connectivity index (χ1v) is 9.52. The van der Waals surface area contributed by atoms with Gasteiger partial charge in [0.1, 0.15) is 0 Å². The van der Waals surface area contributed by atoms with Crippen LogP contribution in [0.15, 0.2) is 12.1 Å². The molecule has 0 nitrogen and oxygen atoms in total. The second-order valence-corrected chi connectivity index (χ2v) is 9.25. The maximum atomic E-state index is 2.39. The van der Waals surface area contributed by atoms with Crippen LogP contribution in [0.25, 0.3) is 20.9 Å². The minimum absolute atomic E-state index is 1.13. The number of aryl methyl sites for hydroxylation is 2. The van der Waals surface area contributed by atoms with Crippen LogP contribution in [0.4, 0.5) is 0 Å². The molecule has 2 aliphatic carbocycles. The lowest BCUT2D eigenvalue weighted by Crippen LogP contribution is -1.97. The average molecular weight is 322 g/mol. The van der Waals surface area contributed by atoms with Gasteiger partial charge in [0.15, 0.2) is 0 Å². The fourth-order valence-electron chi connectivity index (χ4n) is 4.39. The lowest BCUT2D eigenvalue weighted by atomic mass is 9.90. The monoisotopic (exact) mass is 322 g/mol. The van der Waals surface area contributed by atoms with Gasteiger partial charge in [-0.15, -0.1) is 22.7 Å². The van der Waals surface area contributed by atoms with Gasteiger partial charge in [-0.1, -0.05) is 0 Å². The normalized spacial score (nSPS) is 14.0. The molecule has 0 aliphatic heterocycles. The van der Waals surface area contributed by atoms with E-state index in [1.54, 1.807) is 43.1 Å². The Kier molecular flexibility index (Phi) is 2.45. The summed E-state index contributed by atoms with van der Waals surface area (Å²) in [6.45, 7) is 9.17. The minimum atomic E-state index is 1.13. The largest absolute Gasteiger partial charge is 0.140 e. The summed E-state index contributed by atoms with van der Waals surface area (Å²) in [7, 11) is 0. The van der Waals surface area contributed by atoms with Crippen LogP contribution in [-0.2, 0) is 12.8 Å². The van der Waals surface area contributed by atoms with Crippen LogP contribution in [0.3, 0.4) is 0 Å². The summed E-state index contributed by atoms with van der Waals surface area (Å²) in [5.41, 5.74) is 12.5. The van der Waals surface area contributed by atoms with Gasteiger partial charge in [-0.3, -0.25) is 0 Å². The fraction of sp³-hybridized carbons (Fsp3) is 0.300. The Morgan fingerprint density at radius 3 is 1.50 bits per heavy atom. The summed E-state index contributed by atoms with van der Waals surface area (Å²) in [6, 6.07) is 4.79. The highest BCUT2D eigenvalue weighted by Crippen LogP contribution is 2.53. The van der Waals surface area contributed by atoms with Crippen LogP contribution in [0, 0.1) is 27.7 Å². The lowest BCUT2D eigenvalue weighted by Gasteiger charge is -2.16. The molecule has 1 aromatic carbocycles. The highest BCUT2D eigenvalue weighted by Gasteiger charge is 2.32. The van der Waals surface area contributed by atoms with E-state index in [2.05, 4.69) is 39.8 Å². The molecule has 0 saturated carbocycles. The van der Waals surface area contributed by atoms with Gasteiger partial charge in [0.25, 0.3) is 0 Å². The van der Waals surface area contributed by atoms with Gasteiger partial charge in [-0.25, -0.2) is 0 Å². The second-order valence-electron chi connectivity index (χ2n) is 6.73. The zero-order chi connectivity index (χ0) is 15.2. The molecule has 2 heteroatoms. The third-order valence-electron chi connectivity index (χ3n) is 5.31. The summed E-state index contributed by atoms with van der Waals surface area (Å²) in [5.74, 6) is 0. The molecule has 0 amide bonds. The zero-order valence-corrected chi connectivity index (χ0v) is 15.0. The van der Waals surface area contributed by atoms with E-state index in [1.165, 1.54) is 20.9 Å². The first-order chi connectivity index (χ1) is 10.5. The maximum Gasteiger partial charge on any atom is 0.0386 e. The Morgan fingerprint density at radius 2 is 1.09 bits per heavy atom. The van der Waals surface area contributed by atoms with Crippen molar-refractivity contribution in [3.05, 3.63) is 55.3 Å². The molecule has 0 atom stereocenters. The van der Waals surface area contributed by atoms with Gasteiger partial charge >= 0.3 is 0 Å². The van der Waals surface area contributed by atoms with E-state index in [4.69, 9.17) is 0 Å². The van der Waals surface area contributed by atoms with E-state index in [0.29, 0.717) is 0 Å². The molecule has 5 rings (SSSR count). The average Bonchev–Trinajstić information content (AvgIpc) is 3.13. The van der Waals surface area contributed by atoms with Crippen molar-refractivity contribution in [2.24, 2.45) is 0 Å². The molecule has 2 aromatic heterocycles. The molecule has 0 N–H and O–H groups in total. The molecule has 2 heterocycles. The van der Waals surface area contributed by atoms with Gasteiger partial charge in [-0.05, 0) is 97.2 Å². The number of fused-ring (bicyclic) bond motifs is 6. The summed E-state index contributed by atoms with van der Waals surface area (Å²) < 4.78 is 0. The summed E-state index contributed by atoms with van der Waals surface area (Å²) >= 11 is 3.96. The van der Waals surface area contributed by atoms with Crippen molar-refractivity contribution < 1.29 is 0 Å². The van der Waals surface area contributed by atoms with E-state index in [1.807, 2.05) is 22.7 Å². The molecule has 3 aromatic rings. The molecular weight excluding hydrogens is 304 g/mol. The summed E-state index contributed by atoms with van der Waals surface area (Å²) in [6.07, 6.45) is 2.27. The number of benzene rings is 1. The standard InChI is InChI=1S/C20H18S2/c1-9-5-13-7-15-12(4)18-16(11(3)17(15)19(13)21-9)8-14-6-10(2)22-20(14)18/h5-6H,7-8H2,1-4H3. The summed E-state index contributed by atoms with van der Waals surface area (Å²) in [4.78, 5) is 5.98. The van der Waals surface area contributed by atoms with Gasteiger partial charge < -0.3 is 0 Å².